The molecular weight excluding hydrogens is 336 g/mol. The number of aryl methyl sites for hydroxylation is 1. The topological polar surface area (TPSA) is 50.4 Å². The normalized spacial score (nSPS) is 23.2. The first-order valence-electron chi connectivity index (χ1n) is 9.82. The maximum Gasteiger partial charge on any atom is 0.224 e. The van der Waals surface area contributed by atoms with Crippen LogP contribution >= 0.6 is 0 Å². The molecule has 1 spiro atoms. The van der Waals surface area contributed by atoms with E-state index in [1.807, 2.05) is 12.1 Å². The first kappa shape index (κ1) is 18.2. The Balaban J connectivity index is 1.60. The van der Waals surface area contributed by atoms with E-state index < -0.39 is 0 Å². The van der Waals surface area contributed by atoms with E-state index in [9.17, 15) is 4.79 Å². The maximum absolute atomic E-state index is 12.8. The predicted molar refractivity (Wildman–Crippen MR) is 107 cm³/mol. The molecule has 0 aromatic heterocycles. The summed E-state index contributed by atoms with van der Waals surface area (Å²) < 4.78 is 6.03. The number of piperidine rings is 1. The van der Waals surface area contributed by atoms with Crippen LogP contribution in [0.25, 0.3) is 0 Å². The summed E-state index contributed by atoms with van der Waals surface area (Å²) in [6.07, 6.45) is 2.43. The number of carbonyl (C=O) groups is 1. The van der Waals surface area contributed by atoms with Gasteiger partial charge in [0.05, 0.1) is 18.6 Å². The number of amides is 1. The van der Waals surface area contributed by atoms with Crippen molar-refractivity contribution in [1.29, 1.82) is 0 Å². The molecule has 1 aliphatic carbocycles. The van der Waals surface area contributed by atoms with Crippen molar-refractivity contribution >= 4 is 5.91 Å². The second-order valence-electron chi connectivity index (χ2n) is 7.86. The van der Waals surface area contributed by atoms with Crippen molar-refractivity contribution in [3.8, 4) is 0 Å². The number of carbonyl (C=O) groups excluding carboxylic acids is 1. The molecule has 4 nitrogen and oxygen atoms in total. The summed E-state index contributed by atoms with van der Waals surface area (Å²) in [5.41, 5.74) is 4.76. The number of hydrogen-bond donors (Lipinski definition) is 2. The van der Waals surface area contributed by atoms with Crippen LogP contribution in [-0.2, 0) is 21.4 Å². The third kappa shape index (κ3) is 3.28. The fourth-order valence-corrected chi connectivity index (χ4v) is 5.03. The van der Waals surface area contributed by atoms with E-state index in [0.29, 0.717) is 6.42 Å². The number of ether oxygens (including phenoxy) is 1. The zero-order chi connectivity index (χ0) is 18.9. The van der Waals surface area contributed by atoms with Crippen LogP contribution in [0.5, 0.6) is 0 Å². The Morgan fingerprint density at radius 2 is 1.96 bits per heavy atom. The van der Waals surface area contributed by atoms with Crippen LogP contribution < -0.4 is 10.6 Å². The fraction of sp³-hybridized carbons (Fsp3) is 0.435. The summed E-state index contributed by atoms with van der Waals surface area (Å²) in [4.78, 5) is 12.8. The lowest BCUT2D eigenvalue weighted by atomic mass is 9.72. The zero-order valence-corrected chi connectivity index (χ0v) is 16.1. The monoisotopic (exact) mass is 364 g/mol. The molecule has 27 heavy (non-hydrogen) atoms. The van der Waals surface area contributed by atoms with Crippen molar-refractivity contribution in [2.75, 3.05) is 20.2 Å². The second-order valence-corrected chi connectivity index (χ2v) is 7.86. The van der Waals surface area contributed by atoms with Crippen LogP contribution in [0.4, 0.5) is 0 Å². The Bertz CT molecular complexity index is 827. The fourth-order valence-electron chi connectivity index (χ4n) is 5.03. The minimum absolute atomic E-state index is 0.0160. The highest BCUT2D eigenvalue weighted by Crippen LogP contribution is 2.51. The van der Waals surface area contributed by atoms with Gasteiger partial charge in [0.15, 0.2) is 0 Å². The van der Waals surface area contributed by atoms with Gasteiger partial charge in [0.25, 0.3) is 0 Å². The minimum atomic E-state index is -0.0957. The molecule has 2 aliphatic rings. The molecule has 1 aliphatic heterocycles. The van der Waals surface area contributed by atoms with Crippen LogP contribution in [-0.4, -0.2) is 32.2 Å². The van der Waals surface area contributed by atoms with E-state index in [1.165, 1.54) is 16.7 Å². The van der Waals surface area contributed by atoms with Crippen LogP contribution in [0, 0.1) is 6.92 Å². The lowest BCUT2D eigenvalue weighted by Gasteiger charge is -2.40. The molecule has 1 amide bonds. The van der Waals surface area contributed by atoms with Gasteiger partial charge in [-0.25, -0.2) is 0 Å². The van der Waals surface area contributed by atoms with Gasteiger partial charge in [-0.3, -0.25) is 4.79 Å². The lowest BCUT2D eigenvalue weighted by Crippen LogP contribution is -2.49. The molecule has 1 saturated heterocycles. The van der Waals surface area contributed by atoms with Gasteiger partial charge >= 0.3 is 0 Å². The molecule has 1 heterocycles. The average molecular weight is 364 g/mol. The van der Waals surface area contributed by atoms with Gasteiger partial charge in [-0.1, -0.05) is 54.1 Å². The van der Waals surface area contributed by atoms with E-state index in [0.717, 1.165) is 31.5 Å². The molecule has 0 saturated carbocycles. The molecule has 2 aromatic carbocycles. The van der Waals surface area contributed by atoms with E-state index in [-0.39, 0.29) is 23.5 Å². The molecule has 142 valence electrons. The molecule has 4 rings (SSSR count). The highest BCUT2D eigenvalue weighted by Gasteiger charge is 2.53. The molecule has 2 N–H and O–H groups in total. The Labute approximate surface area is 161 Å². The lowest BCUT2D eigenvalue weighted by molar-refractivity contribution is -0.122. The number of hydrogen-bond acceptors (Lipinski definition) is 3. The summed E-state index contributed by atoms with van der Waals surface area (Å²) >= 11 is 0. The van der Waals surface area contributed by atoms with Gasteiger partial charge in [-0.05, 0) is 49.5 Å². The molecular formula is C23H28N2O2. The van der Waals surface area contributed by atoms with Gasteiger partial charge in [-0.2, -0.15) is 0 Å². The average Bonchev–Trinajstić information content (AvgIpc) is 2.91. The molecule has 1 fully saturated rings. The Morgan fingerprint density at radius 1 is 1.19 bits per heavy atom. The Kier molecular flexibility index (Phi) is 5.02. The van der Waals surface area contributed by atoms with E-state index in [1.54, 1.807) is 7.11 Å². The quantitative estimate of drug-likeness (QED) is 0.877. The molecule has 4 heteroatoms. The minimum Gasteiger partial charge on any atom is -0.378 e. The summed E-state index contributed by atoms with van der Waals surface area (Å²) in [7, 11) is 1.78. The van der Waals surface area contributed by atoms with Crippen LogP contribution in [0.1, 0.15) is 41.1 Å². The highest BCUT2D eigenvalue weighted by molar-refractivity contribution is 5.79. The third-order valence-electron chi connectivity index (χ3n) is 6.19. The Hall–Kier alpha value is -2.17. The molecule has 0 bridgehead atoms. The highest BCUT2D eigenvalue weighted by atomic mass is 16.5. The van der Waals surface area contributed by atoms with Crippen molar-refractivity contribution in [1.82, 2.24) is 10.6 Å². The van der Waals surface area contributed by atoms with E-state index >= 15 is 0 Å². The predicted octanol–water partition coefficient (Wildman–Crippen LogP) is 3.04. The first-order chi connectivity index (χ1) is 13.1. The van der Waals surface area contributed by atoms with Crippen molar-refractivity contribution < 1.29 is 9.53 Å². The number of fused-ring (bicyclic) bond motifs is 2. The first-order valence-corrected chi connectivity index (χ1v) is 9.82. The van der Waals surface area contributed by atoms with Gasteiger partial charge in [0, 0.05) is 12.5 Å². The largest absolute Gasteiger partial charge is 0.378 e. The summed E-state index contributed by atoms with van der Waals surface area (Å²) in [6, 6.07) is 16.6. The van der Waals surface area contributed by atoms with Crippen molar-refractivity contribution in [2.45, 2.75) is 43.7 Å². The standard InChI is InChI=1S/C23H28N2O2/c1-16-6-5-7-17(14-16)15-20(26)25-21-18-8-3-4-9-19(18)23(22(21)27-2)10-12-24-13-11-23/h3-9,14,21-22,24H,10-13,15H2,1-2H3,(H,25,26)/t21-,22+/m1/s1. The van der Waals surface area contributed by atoms with Crippen LogP contribution in [0.2, 0.25) is 0 Å². The Morgan fingerprint density at radius 3 is 2.70 bits per heavy atom. The summed E-state index contributed by atoms with van der Waals surface area (Å²) in [6.45, 7) is 4.02. The number of nitrogens with one attached hydrogen (secondary N) is 2. The molecule has 2 aromatic rings. The molecule has 0 unspecified atom stereocenters. The maximum atomic E-state index is 12.8. The van der Waals surface area contributed by atoms with E-state index in [2.05, 4.69) is 54.0 Å². The molecule has 0 radical (unpaired) electrons. The van der Waals surface area contributed by atoms with Crippen LogP contribution in [0.3, 0.4) is 0 Å². The van der Waals surface area contributed by atoms with Crippen molar-refractivity contribution in [3.63, 3.8) is 0 Å². The van der Waals surface area contributed by atoms with E-state index in [4.69, 9.17) is 4.74 Å². The molecule has 2 atom stereocenters. The zero-order valence-electron chi connectivity index (χ0n) is 16.1. The second kappa shape index (κ2) is 7.45. The summed E-state index contributed by atoms with van der Waals surface area (Å²) in [5.74, 6) is 0.0495. The number of benzene rings is 2. The van der Waals surface area contributed by atoms with Crippen molar-refractivity contribution in [3.05, 3.63) is 70.8 Å². The SMILES string of the molecule is CO[C@H]1[C@H](NC(=O)Cc2cccc(C)c2)c2ccccc2C12CCNCC2. The number of rotatable bonds is 4. The van der Waals surface area contributed by atoms with Gasteiger partial charge in [-0.15, -0.1) is 0 Å². The smallest absolute Gasteiger partial charge is 0.224 e. The van der Waals surface area contributed by atoms with Gasteiger partial charge < -0.3 is 15.4 Å². The van der Waals surface area contributed by atoms with Gasteiger partial charge in [0.2, 0.25) is 5.91 Å². The number of methoxy groups -OCH3 is 1. The summed E-state index contributed by atoms with van der Waals surface area (Å²) in [5, 5.41) is 6.75. The van der Waals surface area contributed by atoms with Gasteiger partial charge in [0.1, 0.15) is 0 Å². The van der Waals surface area contributed by atoms with Crippen LogP contribution in [0.15, 0.2) is 48.5 Å². The van der Waals surface area contributed by atoms with Crippen molar-refractivity contribution in [2.24, 2.45) is 0 Å². The third-order valence-corrected chi connectivity index (χ3v) is 6.19.